The van der Waals surface area contributed by atoms with Crippen LogP contribution in [0.2, 0.25) is 0 Å². The molecule has 0 spiro atoms. The maximum absolute atomic E-state index is 15.3. The van der Waals surface area contributed by atoms with E-state index in [4.69, 9.17) is 31.5 Å². The van der Waals surface area contributed by atoms with Crippen molar-refractivity contribution in [2.45, 2.75) is 70.0 Å². The van der Waals surface area contributed by atoms with Gasteiger partial charge in [-0.15, -0.1) is 4.52 Å². The molecule has 7 unspecified atom stereocenters. The molecule has 11 nitrogen and oxygen atoms in total. The Balaban J connectivity index is 2.01. The van der Waals surface area contributed by atoms with Crippen LogP contribution in [0, 0.1) is 0 Å². The summed E-state index contributed by atoms with van der Waals surface area (Å²) in [5.74, 6) is -3.37. The van der Waals surface area contributed by atoms with Gasteiger partial charge in [0, 0.05) is 6.20 Å². The summed E-state index contributed by atoms with van der Waals surface area (Å²) in [6, 6.07) is -0.797. The summed E-state index contributed by atoms with van der Waals surface area (Å²) in [6.07, 6.45) is -2.83. The Labute approximate surface area is 179 Å². The minimum Gasteiger partial charge on any atom is -0.462 e. The van der Waals surface area contributed by atoms with Crippen molar-refractivity contribution in [3.05, 3.63) is 12.3 Å². The van der Waals surface area contributed by atoms with Crippen LogP contribution in [0.5, 0.6) is 0 Å². The van der Waals surface area contributed by atoms with Crippen LogP contribution in [0.25, 0.3) is 0 Å². The smallest absolute Gasteiger partial charge is 0.440 e. The van der Waals surface area contributed by atoms with E-state index in [1.54, 1.807) is 13.8 Å². The van der Waals surface area contributed by atoms with Gasteiger partial charge in [0.2, 0.25) is 18.2 Å². The maximum Gasteiger partial charge on any atom is 0.440 e. The van der Waals surface area contributed by atoms with Crippen LogP contribution in [0.3, 0.4) is 0 Å². The first-order valence-electron chi connectivity index (χ1n) is 9.09. The molecule has 0 aliphatic carbocycles. The Morgan fingerprint density at radius 2 is 2.17 bits per heavy atom. The highest BCUT2D eigenvalue weighted by Gasteiger charge is 2.65. The van der Waals surface area contributed by atoms with E-state index in [0.29, 0.717) is 0 Å². The summed E-state index contributed by atoms with van der Waals surface area (Å²) >= 11 is 5.08. The highest BCUT2D eigenvalue weighted by Crippen LogP contribution is 2.43. The number of halogens is 1. The maximum atomic E-state index is 15.3. The summed E-state index contributed by atoms with van der Waals surface area (Å²) in [7, 11) is -1.91. The third-order valence-corrected chi connectivity index (χ3v) is 5.97. The van der Waals surface area contributed by atoms with Crippen molar-refractivity contribution >= 4 is 30.7 Å². The van der Waals surface area contributed by atoms with Crippen LogP contribution in [0.4, 0.5) is 4.39 Å². The first-order valence-corrected chi connectivity index (χ1v) is 11.4. The summed E-state index contributed by atoms with van der Waals surface area (Å²) in [4.78, 5) is 16.5. The van der Waals surface area contributed by atoms with Crippen molar-refractivity contribution in [2.24, 2.45) is 10.7 Å². The number of esters is 1. The number of hydrogen-bond donors (Lipinski definition) is 5. The number of amidine groups is 1. The molecule has 14 heteroatoms. The van der Waals surface area contributed by atoms with Gasteiger partial charge < -0.3 is 35.4 Å². The van der Waals surface area contributed by atoms with E-state index >= 15 is 4.39 Å². The second-order valence-electron chi connectivity index (χ2n) is 7.42. The quantitative estimate of drug-likeness (QED) is 0.226. The minimum atomic E-state index is -2.85. The van der Waals surface area contributed by atoms with Crippen molar-refractivity contribution < 1.29 is 38.5 Å². The number of ether oxygens (including phenoxy) is 2. The second-order valence-corrected chi connectivity index (χ2v) is 9.44. The number of carbonyl (C=O) groups is 1. The molecule has 0 bridgehead atoms. The fourth-order valence-electron chi connectivity index (χ4n) is 2.83. The predicted molar refractivity (Wildman–Crippen MR) is 108 cm³/mol. The van der Waals surface area contributed by atoms with Crippen LogP contribution in [0.1, 0.15) is 27.7 Å². The lowest BCUT2D eigenvalue weighted by Gasteiger charge is -2.37. The number of aliphatic imine (C=N–C) groups is 1. The lowest BCUT2D eigenvalue weighted by Crippen LogP contribution is -2.55. The number of nitrogens with zero attached hydrogens (tertiary/aromatic N) is 2. The van der Waals surface area contributed by atoms with Gasteiger partial charge in [0.25, 0.3) is 5.85 Å². The van der Waals surface area contributed by atoms with Crippen molar-refractivity contribution in [1.82, 2.24) is 9.99 Å². The van der Waals surface area contributed by atoms with Crippen LogP contribution in [-0.4, -0.2) is 80.9 Å². The van der Waals surface area contributed by atoms with Gasteiger partial charge in [-0.2, -0.15) is 0 Å². The van der Waals surface area contributed by atoms with Crippen molar-refractivity contribution in [1.29, 1.82) is 0 Å². The molecule has 7 atom stereocenters. The third kappa shape index (κ3) is 5.48. The van der Waals surface area contributed by atoms with Gasteiger partial charge in [-0.25, -0.2) is 9.38 Å². The monoisotopic (exact) mass is 469 g/mol. The largest absolute Gasteiger partial charge is 0.462 e. The molecule has 2 rings (SSSR count). The number of carbonyl (C=O) groups excluding carboxylic acids is 1. The van der Waals surface area contributed by atoms with Gasteiger partial charge >= 0.3 is 13.0 Å². The Morgan fingerprint density at radius 1 is 1.53 bits per heavy atom. The molecule has 0 radical (unpaired) electrons. The number of hydrogen-bond acceptors (Lipinski definition) is 11. The minimum absolute atomic E-state index is 0.0275. The molecule has 0 saturated carbocycles. The Hall–Kier alpha value is -1.31. The third-order valence-electron chi connectivity index (χ3n) is 4.37. The second kappa shape index (κ2) is 9.45. The summed E-state index contributed by atoms with van der Waals surface area (Å²) < 4.78 is 30.8. The van der Waals surface area contributed by atoms with Crippen molar-refractivity contribution in [2.75, 3.05) is 6.61 Å². The average molecular weight is 469 g/mol. The topological polar surface area (TPSA) is 159 Å². The molecular formula is C16H27FN4O7PS+. The van der Waals surface area contributed by atoms with E-state index in [0.717, 1.165) is 11.8 Å². The van der Waals surface area contributed by atoms with Crippen LogP contribution in [0.15, 0.2) is 17.3 Å². The standard InChI is InChI=1S/C16H27FN4O7PS/c1-8(2)27-11(22)9(3)20-29(30)26-7-16(17)12(23)15(4,25)13(28-16)21-6-5-10(18)19-14(21)24/h5-6,8-9,12-14,23-25H,7H2,1-4H3,(H2,18,19)(H,20,30)/q+1. The van der Waals surface area contributed by atoms with E-state index in [-0.39, 0.29) is 11.9 Å². The lowest BCUT2D eigenvalue weighted by atomic mass is 9.95. The lowest BCUT2D eigenvalue weighted by molar-refractivity contribution is -0.220. The summed E-state index contributed by atoms with van der Waals surface area (Å²) in [5.41, 5.74) is 3.34. The van der Waals surface area contributed by atoms with E-state index < -0.39 is 55.8 Å². The Bertz CT molecular complexity index is 740. The molecule has 170 valence electrons. The van der Waals surface area contributed by atoms with Gasteiger partial charge in [0.05, 0.1) is 6.10 Å². The van der Waals surface area contributed by atoms with Crippen LogP contribution >= 0.6 is 7.07 Å². The number of rotatable bonds is 8. The molecule has 1 saturated heterocycles. The molecule has 0 aromatic heterocycles. The van der Waals surface area contributed by atoms with Crippen LogP contribution < -0.4 is 10.8 Å². The zero-order valence-electron chi connectivity index (χ0n) is 16.9. The highest BCUT2D eigenvalue weighted by atomic mass is 32.4. The van der Waals surface area contributed by atoms with Gasteiger partial charge in [-0.3, -0.25) is 4.79 Å². The molecule has 2 aliphatic rings. The fourth-order valence-corrected chi connectivity index (χ4v) is 4.25. The highest BCUT2D eigenvalue weighted by molar-refractivity contribution is 8.02. The van der Waals surface area contributed by atoms with Gasteiger partial charge in [0.15, 0.2) is 12.8 Å². The van der Waals surface area contributed by atoms with Crippen molar-refractivity contribution in [3.63, 3.8) is 0 Å². The molecule has 2 aliphatic heterocycles. The van der Waals surface area contributed by atoms with E-state index in [1.165, 1.54) is 19.2 Å². The number of nitrogens with one attached hydrogen (secondary N) is 1. The van der Waals surface area contributed by atoms with Crippen molar-refractivity contribution in [3.8, 4) is 0 Å². The SMILES string of the molecule is CC(C)OC(=O)C(C)N[P+](=S)OCC1(F)OC(N2C=CC(N)=NC2O)C(C)(O)C1O. The van der Waals surface area contributed by atoms with E-state index in [2.05, 4.69) is 10.1 Å². The molecule has 1 fully saturated rings. The first-order chi connectivity index (χ1) is 13.8. The summed E-state index contributed by atoms with van der Waals surface area (Å²) in [5, 5.41) is 33.7. The normalized spacial score (nSPS) is 35.4. The average Bonchev–Trinajstić information content (AvgIpc) is 2.80. The number of aliphatic hydroxyl groups excluding tert-OH is 2. The molecule has 0 amide bonds. The first kappa shape index (κ1) is 25.0. The van der Waals surface area contributed by atoms with E-state index in [1.807, 2.05) is 0 Å². The number of nitrogens with two attached hydrogens (primary N) is 1. The molecular weight excluding hydrogens is 442 g/mol. The predicted octanol–water partition coefficient (Wildman–Crippen LogP) is -0.697. The molecule has 2 heterocycles. The molecule has 6 N–H and O–H groups in total. The Morgan fingerprint density at radius 3 is 2.73 bits per heavy atom. The van der Waals surface area contributed by atoms with Gasteiger partial charge in [-0.05, 0) is 33.8 Å². The van der Waals surface area contributed by atoms with Gasteiger partial charge in [-0.1, -0.05) is 5.09 Å². The Kier molecular flexibility index (Phi) is 7.86. The summed E-state index contributed by atoms with van der Waals surface area (Å²) in [6.45, 7) is 5.21. The number of aliphatic hydroxyl groups is 3. The fraction of sp³-hybridized carbons (Fsp3) is 0.750. The molecule has 30 heavy (non-hydrogen) atoms. The zero-order chi connectivity index (χ0) is 22.9. The molecule has 0 aromatic carbocycles. The van der Waals surface area contributed by atoms with E-state index in [9.17, 15) is 20.1 Å². The van der Waals surface area contributed by atoms with Crippen LogP contribution in [-0.2, 0) is 30.6 Å². The number of alkyl halides is 1. The van der Waals surface area contributed by atoms with Gasteiger partial charge in [0.1, 0.15) is 23.6 Å². The zero-order valence-corrected chi connectivity index (χ0v) is 18.6. The molecule has 0 aromatic rings.